The molecule has 0 radical (unpaired) electrons. The van der Waals surface area contributed by atoms with E-state index in [4.69, 9.17) is 16.3 Å². The number of carbonyl (C=O) groups excluding carboxylic acids is 1. The van der Waals surface area contributed by atoms with Gasteiger partial charge in [0.05, 0.1) is 11.7 Å². The number of hydrogen-bond donors (Lipinski definition) is 2. The highest BCUT2D eigenvalue weighted by atomic mass is 35.5. The first-order chi connectivity index (χ1) is 14.1. The zero-order valence-corrected chi connectivity index (χ0v) is 17.1. The van der Waals surface area contributed by atoms with E-state index >= 15 is 0 Å². The molecule has 0 fully saturated rings. The predicted octanol–water partition coefficient (Wildman–Crippen LogP) is 6.82. The lowest BCUT2D eigenvalue weighted by Gasteiger charge is -2.22. The summed E-state index contributed by atoms with van der Waals surface area (Å²) in [5, 5.41) is 7.08. The van der Waals surface area contributed by atoms with Crippen molar-refractivity contribution in [2.75, 3.05) is 10.6 Å². The molecule has 0 aliphatic rings. The molecule has 0 spiro atoms. The molecule has 3 aromatic rings. The van der Waals surface area contributed by atoms with Gasteiger partial charge in [0.1, 0.15) is 5.75 Å². The average molecular weight is 407 g/mol. The van der Waals surface area contributed by atoms with Gasteiger partial charge < -0.3 is 15.4 Å². The molecule has 0 aromatic heterocycles. The smallest absolute Gasteiger partial charge is 0.221 e. The number of para-hydroxylation sites is 3. The molecule has 148 valence electrons. The number of allylic oxidation sites excluding steroid dienone is 1. The van der Waals surface area contributed by atoms with E-state index in [2.05, 4.69) is 10.6 Å². The Bertz CT molecular complexity index is 1000. The molecule has 4 nitrogen and oxygen atoms in total. The molecule has 5 heteroatoms. The van der Waals surface area contributed by atoms with Crippen LogP contribution in [0.1, 0.15) is 25.5 Å². The largest absolute Gasteiger partial charge is 0.455 e. The molecule has 0 saturated carbocycles. The minimum atomic E-state index is -0.155. The van der Waals surface area contributed by atoms with Gasteiger partial charge in [-0.05, 0) is 49.4 Å². The number of benzene rings is 3. The van der Waals surface area contributed by atoms with Gasteiger partial charge in [0.25, 0.3) is 0 Å². The third kappa shape index (κ3) is 5.62. The highest BCUT2D eigenvalue weighted by Crippen LogP contribution is 2.34. The second-order valence-corrected chi connectivity index (χ2v) is 6.90. The van der Waals surface area contributed by atoms with Gasteiger partial charge >= 0.3 is 0 Å². The summed E-state index contributed by atoms with van der Waals surface area (Å²) < 4.78 is 6.06. The molecule has 29 heavy (non-hydrogen) atoms. The summed E-state index contributed by atoms with van der Waals surface area (Å²) in [5.41, 5.74) is 2.57. The number of hydrogen-bond acceptors (Lipinski definition) is 3. The monoisotopic (exact) mass is 406 g/mol. The number of amides is 1. The van der Waals surface area contributed by atoms with E-state index in [0.29, 0.717) is 16.5 Å². The first-order valence-corrected chi connectivity index (χ1v) is 9.73. The van der Waals surface area contributed by atoms with Crippen molar-refractivity contribution in [2.24, 2.45) is 0 Å². The maximum Gasteiger partial charge on any atom is 0.221 e. The quantitative estimate of drug-likeness (QED) is 0.423. The molecular weight excluding hydrogens is 384 g/mol. The van der Waals surface area contributed by atoms with Gasteiger partial charge in [-0.3, -0.25) is 4.79 Å². The summed E-state index contributed by atoms with van der Waals surface area (Å²) in [4.78, 5) is 11.6. The van der Waals surface area contributed by atoms with Crippen molar-refractivity contribution in [1.29, 1.82) is 0 Å². The van der Waals surface area contributed by atoms with Crippen LogP contribution in [0.2, 0.25) is 5.02 Å². The Morgan fingerprint density at radius 2 is 1.62 bits per heavy atom. The third-order valence-electron chi connectivity index (χ3n) is 4.23. The molecule has 3 aromatic carbocycles. The summed E-state index contributed by atoms with van der Waals surface area (Å²) >= 11 is 5.96. The molecule has 0 unspecified atom stereocenters. The lowest BCUT2D eigenvalue weighted by atomic mass is 10.0. The van der Waals surface area contributed by atoms with E-state index in [9.17, 15) is 4.79 Å². The van der Waals surface area contributed by atoms with Crippen LogP contribution in [0, 0.1) is 0 Å². The number of anilines is 2. The van der Waals surface area contributed by atoms with Crippen LogP contribution in [-0.2, 0) is 4.79 Å². The van der Waals surface area contributed by atoms with Crippen LogP contribution in [0.4, 0.5) is 11.4 Å². The molecule has 0 saturated heterocycles. The van der Waals surface area contributed by atoms with Gasteiger partial charge in [-0.2, -0.15) is 0 Å². The Labute approximate surface area is 176 Å². The van der Waals surface area contributed by atoms with E-state index in [1.807, 2.05) is 79.7 Å². The Balaban J connectivity index is 1.91. The number of ether oxygens (including phenoxy) is 1. The standard InChI is InChI=1S/C24H23ClN2O2/c1-3-8-21(20-9-4-5-10-22(20)26-17(2)28)27-23-11-6-7-12-24(23)29-19-15-13-18(25)14-16-19/h3-16,21,27H,1-2H3,(H,26,28)/t21-/m0/s1. The van der Waals surface area contributed by atoms with Crippen molar-refractivity contribution < 1.29 is 9.53 Å². The molecule has 1 atom stereocenters. The van der Waals surface area contributed by atoms with E-state index in [-0.39, 0.29) is 11.9 Å². The van der Waals surface area contributed by atoms with Crippen LogP contribution >= 0.6 is 11.6 Å². The SMILES string of the molecule is CC=C[C@H](Nc1ccccc1Oc1ccc(Cl)cc1)c1ccccc1NC(C)=O. The maximum atomic E-state index is 11.6. The summed E-state index contributed by atoms with van der Waals surface area (Å²) in [6.45, 7) is 3.47. The van der Waals surface area contributed by atoms with E-state index < -0.39 is 0 Å². The fraction of sp³-hybridized carbons (Fsp3) is 0.125. The van der Waals surface area contributed by atoms with Gasteiger partial charge in [-0.25, -0.2) is 0 Å². The van der Waals surface area contributed by atoms with Crippen LogP contribution in [0.25, 0.3) is 0 Å². The van der Waals surface area contributed by atoms with E-state index in [1.54, 1.807) is 12.1 Å². The van der Waals surface area contributed by atoms with Gasteiger partial charge in [0, 0.05) is 23.2 Å². The maximum absolute atomic E-state index is 11.6. The Morgan fingerprint density at radius 1 is 0.966 bits per heavy atom. The second kappa shape index (κ2) is 9.80. The fourth-order valence-corrected chi connectivity index (χ4v) is 3.09. The topological polar surface area (TPSA) is 50.4 Å². The molecule has 0 aliphatic carbocycles. The van der Waals surface area contributed by atoms with E-state index in [1.165, 1.54) is 6.92 Å². The van der Waals surface area contributed by atoms with E-state index in [0.717, 1.165) is 16.9 Å². The van der Waals surface area contributed by atoms with Crippen LogP contribution in [-0.4, -0.2) is 5.91 Å². The molecule has 0 bridgehead atoms. The van der Waals surface area contributed by atoms with Gasteiger partial charge in [0.15, 0.2) is 5.75 Å². The van der Waals surface area contributed by atoms with Crippen molar-refractivity contribution in [3.05, 3.63) is 95.5 Å². The minimum absolute atomic E-state index is 0.108. The molecule has 3 rings (SSSR count). The van der Waals surface area contributed by atoms with Crippen LogP contribution in [0.5, 0.6) is 11.5 Å². The Kier molecular flexibility index (Phi) is 6.93. The number of nitrogens with one attached hydrogen (secondary N) is 2. The molecule has 0 heterocycles. The van der Waals surface area contributed by atoms with Crippen molar-refractivity contribution in [3.8, 4) is 11.5 Å². The number of rotatable bonds is 7. The van der Waals surface area contributed by atoms with Gasteiger partial charge in [-0.15, -0.1) is 0 Å². The normalized spacial score (nSPS) is 11.8. The van der Waals surface area contributed by atoms with Crippen molar-refractivity contribution in [1.82, 2.24) is 0 Å². The third-order valence-corrected chi connectivity index (χ3v) is 4.48. The van der Waals surface area contributed by atoms with Crippen LogP contribution in [0.3, 0.4) is 0 Å². The van der Waals surface area contributed by atoms with Crippen molar-refractivity contribution in [2.45, 2.75) is 19.9 Å². The number of carbonyl (C=O) groups is 1. The summed E-state index contributed by atoms with van der Waals surface area (Å²) in [5.74, 6) is 1.29. The predicted molar refractivity (Wildman–Crippen MR) is 120 cm³/mol. The van der Waals surface area contributed by atoms with Crippen molar-refractivity contribution in [3.63, 3.8) is 0 Å². The molecule has 2 N–H and O–H groups in total. The first-order valence-electron chi connectivity index (χ1n) is 9.35. The lowest BCUT2D eigenvalue weighted by Crippen LogP contribution is -2.14. The molecular formula is C24H23ClN2O2. The highest BCUT2D eigenvalue weighted by molar-refractivity contribution is 6.30. The Hall–Kier alpha value is -3.24. The minimum Gasteiger partial charge on any atom is -0.455 e. The zero-order chi connectivity index (χ0) is 20.6. The summed E-state index contributed by atoms with van der Waals surface area (Å²) in [7, 11) is 0. The first kappa shape index (κ1) is 20.5. The summed E-state index contributed by atoms with van der Waals surface area (Å²) in [6, 6.07) is 22.6. The fourth-order valence-electron chi connectivity index (χ4n) is 2.97. The van der Waals surface area contributed by atoms with Gasteiger partial charge in [0.2, 0.25) is 5.91 Å². The number of halogens is 1. The molecule has 1 amide bonds. The van der Waals surface area contributed by atoms with Crippen LogP contribution in [0.15, 0.2) is 84.9 Å². The Morgan fingerprint density at radius 3 is 2.31 bits per heavy atom. The summed E-state index contributed by atoms with van der Waals surface area (Å²) in [6.07, 6.45) is 4.02. The van der Waals surface area contributed by atoms with Gasteiger partial charge in [-0.1, -0.05) is 54.1 Å². The highest BCUT2D eigenvalue weighted by Gasteiger charge is 2.15. The van der Waals surface area contributed by atoms with Crippen molar-refractivity contribution >= 4 is 28.9 Å². The second-order valence-electron chi connectivity index (χ2n) is 6.47. The van der Waals surface area contributed by atoms with Crippen LogP contribution < -0.4 is 15.4 Å². The average Bonchev–Trinajstić information content (AvgIpc) is 2.71. The zero-order valence-electron chi connectivity index (χ0n) is 16.4. The molecule has 0 aliphatic heterocycles. The lowest BCUT2D eigenvalue weighted by molar-refractivity contribution is -0.114.